The van der Waals surface area contributed by atoms with Crippen molar-refractivity contribution in [2.45, 2.75) is 69.0 Å². The Morgan fingerprint density at radius 3 is 1.49 bits per heavy atom. The summed E-state index contributed by atoms with van der Waals surface area (Å²) in [6.07, 6.45) is -1.18. The molecule has 1 saturated carbocycles. The molecule has 0 spiro atoms. The molecule has 3 rings (SSSR count). The van der Waals surface area contributed by atoms with E-state index < -0.39 is 47.4 Å². The highest BCUT2D eigenvalue weighted by molar-refractivity contribution is 5.90. The quantitative estimate of drug-likeness (QED) is 0.0706. The van der Waals surface area contributed by atoms with Gasteiger partial charge < -0.3 is 63.9 Å². The molecule has 2 aromatic rings. The van der Waals surface area contributed by atoms with Crippen molar-refractivity contribution < 1.29 is 73.4 Å². The van der Waals surface area contributed by atoms with Crippen molar-refractivity contribution in [2.24, 2.45) is 5.41 Å². The Hall–Kier alpha value is -3.67. The summed E-state index contributed by atoms with van der Waals surface area (Å²) in [6.45, 7) is 0.441. The number of phenolic OH excluding ortho intramolecular Hbond substituents is 2. The van der Waals surface area contributed by atoms with Gasteiger partial charge in [-0.25, -0.2) is 9.59 Å². The summed E-state index contributed by atoms with van der Waals surface area (Å²) in [5, 5.41) is 59.9. The number of aldehydes is 1. The number of aliphatic hydroxyl groups is 4. The predicted octanol–water partition coefficient (Wildman–Crippen LogP) is 1.53. The highest BCUT2D eigenvalue weighted by Gasteiger charge is 2.36. The van der Waals surface area contributed by atoms with Crippen molar-refractivity contribution >= 4 is 18.2 Å². The maximum atomic E-state index is 12.2. The number of aromatic hydroxyl groups is 2. The first-order chi connectivity index (χ1) is 24.4. The number of carbonyl (C=O) groups excluding carboxylic acids is 3. The third-order valence-electron chi connectivity index (χ3n) is 8.50. The van der Waals surface area contributed by atoms with Gasteiger partial charge in [0.2, 0.25) is 0 Å². The minimum Gasteiger partial charge on any atom is -0.508 e. The van der Waals surface area contributed by atoms with Crippen LogP contribution < -0.4 is 0 Å². The van der Waals surface area contributed by atoms with Gasteiger partial charge in [-0.3, -0.25) is 0 Å². The molecule has 51 heavy (non-hydrogen) atoms. The average Bonchev–Trinajstić information content (AvgIpc) is 3.13. The van der Waals surface area contributed by atoms with Crippen molar-refractivity contribution in [3.8, 4) is 11.5 Å². The van der Waals surface area contributed by atoms with Gasteiger partial charge in [0.1, 0.15) is 48.6 Å². The van der Waals surface area contributed by atoms with Crippen LogP contribution in [0, 0.1) is 5.41 Å². The van der Waals surface area contributed by atoms with Crippen molar-refractivity contribution in [3.63, 3.8) is 0 Å². The number of rotatable bonds is 23. The van der Waals surface area contributed by atoms with E-state index in [0.717, 1.165) is 0 Å². The van der Waals surface area contributed by atoms with Gasteiger partial charge in [0.15, 0.2) is 6.29 Å². The number of ether oxygens (including phenoxy) is 6. The Bertz CT molecular complexity index is 1250. The molecule has 3 atom stereocenters. The van der Waals surface area contributed by atoms with Gasteiger partial charge in [-0.15, -0.1) is 0 Å². The fourth-order valence-electron chi connectivity index (χ4n) is 5.16. The van der Waals surface area contributed by atoms with Gasteiger partial charge in [0.05, 0.1) is 63.5 Å². The Kier molecular flexibility index (Phi) is 17.2. The molecule has 0 bridgehead atoms. The number of benzene rings is 2. The highest BCUT2D eigenvalue weighted by Crippen LogP contribution is 2.30. The predicted molar refractivity (Wildman–Crippen MR) is 179 cm³/mol. The van der Waals surface area contributed by atoms with Crippen molar-refractivity contribution in [2.75, 3.05) is 59.5 Å². The number of hydrogen-bond acceptors (Lipinski definition) is 15. The van der Waals surface area contributed by atoms with Crippen LogP contribution in [0.15, 0.2) is 48.5 Å². The van der Waals surface area contributed by atoms with E-state index in [9.17, 15) is 45.0 Å². The molecule has 0 radical (unpaired) electrons. The first kappa shape index (κ1) is 41.7. The number of hydrogen-bond donors (Lipinski definition) is 6. The molecule has 0 amide bonds. The number of aliphatic hydroxyl groups excluding tert-OH is 4. The largest absolute Gasteiger partial charge is 0.508 e. The number of carbonyl (C=O) groups is 3. The zero-order valence-electron chi connectivity index (χ0n) is 28.8. The van der Waals surface area contributed by atoms with Crippen LogP contribution in [0.4, 0.5) is 0 Å². The van der Waals surface area contributed by atoms with E-state index in [1.54, 1.807) is 0 Å². The Morgan fingerprint density at radius 1 is 0.725 bits per heavy atom. The monoisotopic (exact) mass is 722 g/mol. The molecule has 3 unspecified atom stereocenters. The molecule has 15 heteroatoms. The van der Waals surface area contributed by atoms with Crippen LogP contribution in [-0.2, 0) is 33.2 Å². The molecular formula is C36H50O15. The van der Waals surface area contributed by atoms with E-state index in [-0.39, 0.29) is 82.1 Å². The standard InChI is InChI=1S/C36H50O15/c1-2-35(22-46-15-30(41)18-49-33(44)25-3-7-27(38)8-4-25,23-47-16-31(42)19-50-34(45)26-5-9-28(39)10-6-26)24-48-17-32(43)20-51-36(21-37)13-11-29(40)12-14-36/h3-10,21,29-32,38-43H,2,11-20,22-24H2,1H3. The van der Waals surface area contributed by atoms with E-state index in [2.05, 4.69) is 0 Å². The summed E-state index contributed by atoms with van der Waals surface area (Å²) in [5.74, 6) is -1.39. The first-order valence-corrected chi connectivity index (χ1v) is 16.9. The second-order valence-electron chi connectivity index (χ2n) is 12.9. The van der Waals surface area contributed by atoms with E-state index in [1.165, 1.54) is 48.5 Å². The first-order valence-electron chi connectivity index (χ1n) is 16.9. The van der Waals surface area contributed by atoms with E-state index >= 15 is 0 Å². The van der Waals surface area contributed by atoms with Gasteiger partial charge in [-0.2, -0.15) is 0 Å². The molecule has 0 saturated heterocycles. The molecule has 284 valence electrons. The summed E-state index contributed by atoms with van der Waals surface area (Å²) < 4.78 is 33.5. The lowest BCUT2D eigenvalue weighted by molar-refractivity contribution is -0.150. The summed E-state index contributed by atoms with van der Waals surface area (Å²) in [5.41, 5.74) is -1.50. The van der Waals surface area contributed by atoms with Crippen LogP contribution in [0.1, 0.15) is 59.7 Å². The van der Waals surface area contributed by atoms with Crippen LogP contribution in [0.3, 0.4) is 0 Å². The van der Waals surface area contributed by atoms with Gasteiger partial charge in [-0.1, -0.05) is 6.92 Å². The van der Waals surface area contributed by atoms with Crippen LogP contribution in [0.2, 0.25) is 0 Å². The molecule has 1 aliphatic carbocycles. The second-order valence-corrected chi connectivity index (χ2v) is 12.9. The molecule has 0 aromatic heterocycles. The molecule has 1 fully saturated rings. The Labute approximate surface area is 296 Å². The van der Waals surface area contributed by atoms with Gasteiger partial charge in [0.25, 0.3) is 0 Å². The van der Waals surface area contributed by atoms with Crippen LogP contribution >= 0.6 is 0 Å². The lowest BCUT2D eigenvalue weighted by Gasteiger charge is -2.35. The van der Waals surface area contributed by atoms with Crippen LogP contribution in [-0.4, -0.2) is 138 Å². The zero-order valence-corrected chi connectivity index (χ0v) is 28.8. The van der Waals surface area contributed by atoms with E-state index in [4.69, 9.17) is 28.4 Å². The molecular weight excluding hydrogens is 672 g/mol. The Morgan fingerprint density at radius 2 is 1.12 bits per heavy atom. The lowest BCUT2D eigenvalue weighted by atomic mass is 9.84. The van der Waals surface area contributed by atoms with Gasteiger partial charge >= 0.3 is 11.9 Å². The smallest absolute Gasteiger partial charge is 0.338 e. The Balaban J connectivity index is 1.50. The SMILES string of the molecule is CCC(COCC(O)COC(=O)c1ccc(O)cc1)(COCC(O)COC(=O)c1ccc(O)cc1)COCC(O)COC1(C=O)CCC(O)CC1. The summed E-state index contributed by atoms with van der Waals surface area (Å²) in [6, 6.07) is 10.9. The minimum atomic E-state index is -1.17. The van der Waals surface area contributed by atoms with Crippen molar-refractivity contribution in [3.05, 3.63) is 59.7 Å². The number of phenols is 2. The second kappa shape index (κ2) is 21.0. The lowest BCUT2D eigenvalue weighted by Crippen LogP contribution is -2.43. The fraction of sp³-hybridized carbons (Fsp3) is 0.583. The van der Waals surface area contributed by atoms with Gasteiger partial charge in [-0.05, 0) is 80.6 Å². The zero-order chi connectivity index (χ0) is 37.3. The summed E-state index contributed by atoms with van der Waals surface area (Å²) in [7, 11) is 0. The molecule has 0 heterocycles. The molecule has 6 N–H and O–H groups in total. The fourth-order valence-corrected chi connectivity index (χ4v) is 5.16. The molecule has 1 aliphatic rings. The maximum Gasteiger partial charge on any atom is 0.338 e. The van der Waals surface area contributed by atoms with E-state index in [0.29, 0.717) is 38.4 Å². The average molecular weight is 723 g/mol. The normalized spacial score (nSPS) is 20.5. The molecule has 0 aliphatic heterocycles. The molecule has 15 nitrogen and oxygen atoms in total. The van der Waals surface area contributed by atoms with E-state index in [1.807, 2.05) is 6.92 Å². The summed E-state index contributed by atoms with van der Waals surface area (Å²) >= 11 is 0. The minimum absolute atomic E-state index is 0.00156. The topological polar surface area (TPSA) is 228 Å². The third-order valence-corrected chi connectivity index (χ3v) is 8.50. The van der Waals surface area contributed by atoms with Crippen molar-refractivity contribution in [1.82, 2.24) is 0 Å². The van der Waals surface area contributed by atoms with Crippen LogP contribution in [0.5, 0.6) is 11.5 Å². The molecule has 2 aromatic carbocycles. The third kappa shape index (κ3) is 14.5. The van der Waals surface area contributed by atoms with Crippen molar-refractivity contribution in [1.29, 1.82) is 0 Å². The summed E-state index contributed by atoms with van der Waals surface area (Å²) in [4.78, 5) is 36.2. The highest BCUT2D eigenvalue weighted by atomic mass is 16.6. The van der Waals surface area contributed by atoms with Gasteiger partial charge in [0, 0.05) is 5.41 Å². The van der Waals surface area contributed by atoms with Crippen LogP contribution in [0.25, 0.3) is 0 Å². The maximum absolute atomic E-state index is 12.2. The number of esters is 2.